The van der Waals surface area contributed by atoms with Crippen molar-refractivity contribution in [2.45, 2.75) is 45.6 Å². The van der Waals surface area contributed by atoms with Crippen LogP contribution in [0.4, 0.5) is 0 Å². The van der Waals surface area contributed by atoms with E-state index in [0.29, 0.717) is 6.04 Å². The average Bonchev–Trinajstić information content (AvgIpc) is 2.90. The minimum absolute atomic E-state index is 0.590. The van der Waals surface area contributed by atoms with Gasteiger partial charge >= 0.3 is 0 Å². The SMILES string of the molecule is CCCNC1CCc2cccc(-c3oncc3C)c2C1. The molecule has 0 amide bonds. The summed E-state index contributed by atoms with van der Waals surface area (Å²) in [6, 6.07) is 7.14. The third kappa shape index (κ3) is 2.50. The van der Waals surface area contributed by atoms with Gasteiger partial charge in [0, 0.05) is 17.2 Å². The number of aromatic nitrogens is 1. The zero-order valence-corrected chi connectivity index (χ0v) is 12.3. The number of nitrogens with one attached hydrogen (secondary N) is 1. The van der Waals surface area contributed by atoms with Crippen LogP contribution in [0, 0.1) is 6.92 Å². The van der Waals surface area contributed by atoms with Crippen LogP contribution in [0.25, 0.3) is 11.3 Å². The highest BCUT2D eigenvalue weighted by molar-refractivity contribution is 5.67. The molecule has 20 heavy (non-hydrogen) atoms. The molecule has 106 valence electrons. The van der Waals surface area contributed by atoms with Gasteiger partial charge in [-0.1, -0.05) is 30.3 Å². The van der Waals surface area contributed by atoms with Gasteiger partial charge in [0.05, 0.1) is 6.20 Å². The van der Waals surface area contributed by atoms with Gasteiger partial charge in [-0.05, 0) is 50.3 Å². The van der Waals surface area contributed by atoms with E-state index >= 15 is 0 Å². The molecule has 1 aliphatic carbocycles. The summed E-state index contributed by atoms with van der Waals surface area (Å²) in [5.74, 6) is 0.929. The van der Waals surface area contributed by atoms with Crippen LogP contribution in [-0.2, 0) is 12.8 Å². The van der Waals surface area contributed by atoms with Crippen LogP contribution in [0.5, 0.6) is 0 Å². The maximum absolute atomic E-state index is 5.46. The molecule has 0 radical (unpaired) electrons. The molecule has 1 atom stereocenters. The Kier molecular flexibility index (Phi) is 3.88. The van der Waals surface area contributed by atoms with E-state index in [4.69, 9.17) is 4.52 Å². The first kappa shape index (κ1) is 13.4. The predicted octanol–water partition coefficient (Wildman–Crippen LogP) is 3.51. The molecule has 1 aromatic carbocycles. The molecule has 2 aromatic rings. The Morgan fingerprint density at radius 3 is 3.05 bits per heavy atom. The normalized spacial score (nSPS) is 18.0. The van der Waals surface area contributed by atoms with Gasteiger partial charge in [0.15, 0.2) is 5.76 Å². The van der Waals surface area contributed by atoms with Crippen molar-refractivity contribution >= 4 is 0 Å². The van der Waals surface area contributed by atoms with Gasteiger partial charge in [-0.15, -0.1) is 0 Å². The minimum atomic E-state index is 0.590. The fourth-order valence-electron chi connectivity index (χ4n) is 3.07. The summed E-state index contributed by atoms with van der Waals surface area (Å²) in [4.78, 5) is 0. The molecule has 0 saturated carbocycles. The monoisotopic (exact) mass is 270 g/mol. The molecule has 3 nitrogen and oxygen atoms in total. The molecule has 3 rings (SSSR count). The second kappa shape index (κ2) is 5.80. The molecular weight excluding hydrogens is 248 g/mol. The van der Waals surface area contributed by atoms with Gasteiger partial charge in [0.2, 0.25) is 0 Å². The van der Waals surface area contributed by atoms with E-state index in [1.807, 2.05) is 0 Å². The van der Waals surface area contributed by atoms with Crippen molar-refractivity contribution in [3.8, 4) is 11.3 Å². The summed E-state index contributed by atoms with van der Waals surface area (Å²) in [6.07, 6.45) is 6.45. The number of benzene rings is 1. The second-order valence-corrected chi connectivity index (χ2v) is 5.68. The Morgan fingerprint density at radius 1 is 1.40 bits per heavy atom. The van der Waals surface area contributed by atoms with Crippen molar-refractivity contribution in [2.24, 2.45) is 0 Å². The second-order valence-electron chi connectivity index (χ2n) is 5.68. The molecule has 3 heteroatoms. The molecule has 0 fully saturated rings. The van der Waals surface area contributed by atoms with Crippen molar-refractivity contribution in [2.75, 3.05) is 6.54 Å². The number of aryl methyl sites for hydroxylation is 2. The standard InChI is InChI=1S/C17H22N2O/c1-3-9-18-14-8-7-13-5-4-6-15(16(13)10-14)17-12(2)11-19-20-17/h4-6,11,14,18H,3,7-10H2,1-2H3. The van der Waals surface area contributed by atoms with E-state index in [2.05, 4.69) is 42.5 Å². The van der Waals surface area contributed by atoms with Crippen LogP contribution in [-0.4, -0.2) is 17.7 Å². The molecule has 0 spiro atoms. The van der Waals surface area contributed by atoms with Gasteiger partial charge in [-0.25, -0.2) is 0 Å². The molecule has 0 aliphatic heterocycles. The first-order valence-electron chi connectivity index (χ1n) is 7.55. The maximum Gasteiger partial charge on any atom is 0.170 e. The van der Waals surface area contributed by atoms with E-state index < -0.39 is 0 Å². The Labute approximate surface area is 120 Å². The van der Waals surface area contributed by atoms with E-state index in [-0.39, 0.29) is 0 Å². The Hall–Kier alpha value is -1.61. The summed E-state index contributed by atoms with van der Waals surface area (Å²) in [7, 11) is 0. The van der Waals surface area contributed by atoms with E-state index in [0.717, 1.165) is 30.7 Å². The van der Waals surface area contributed by atoms with Crippen molar-refractivity contribution in [1.82, 2.24) is 10.5 Å². The van der Waals surface area contributed by atoms with Crippen molar-refractivity contribution < 1.29 is 4.52 Å². The lowest BCUT2D eigenvalue weighted by molar-refractivity contribution is 0.429. The van der Waals surface area contributed by atoms with E-state index in [1.54, 1.807) is 6.20 Å². The molecule has 1 heterocycles. The highest BCUT2D eigenvalue weighted by Gasteiger charge is 2.22. The smallest absolute Gasteiger partial charge is 0.170 e. The van der Waals surface area contributed by atoms with E-state index in [1.165, 1.54) is 29.5 Å². The number of fused-ring (bicyclic) bond motifs is 1. The molecular formula is C17H22N2O. The first-order chi connectivity index (χ1) is 9.79. The van der Waals surface area contributed by atoms with Gasteiger partial charge in [-0.3, -0.25) is 0 Å². The van der Waals surface area contributed by atoms with Crippen LogP contribution < -0.4 is 5.32 Å². The quantitative estimate of drug-likeness (QED) is 0.924. The number of rotatable bonds is 4. The third-order valence-corrected chi connectivity index (χ3v) is 4.16. The summed E-state index contributed by atoms with van der Waals surface area (Å²) < 4.78 is 5.46. The van der Waals surface area contributed by atoms with Crippen LogP contribution in [0.3, 0.4) is 0 Å². The highest BCUT2D eigenvalue weighted by Crippen LogP contribution is 2.33. The fraction of sp³-hybridized carbons (Fsp3) is 0.471. The lowest BCUT2D eigenvalue weighted by Crippen LogP contribution is -2.35. The summed E-state index contributed by atoms with van der Waals surface area (Å²) in [5.41, 5.74) is 5.24. The Morgan fingerprint density at radius 2 is 2.30 bits per heavy atom. The van der Waals surface area contributed by atoms with Crippen LogP contribution in [0.15, 0.2) is 28.9 Å². The summed E-state index contributed by atoms with van der Waals surface area (Å²) >= 11 is 0. The number of hydrogen-bond donors (Lipinski definition) is 1. The zero-order valence-electron chi connectivity index (χ0n) is 12.3. The minimum Gasteiger partial charge on any atom is -0.356 e. The van der Waals surface area contributed by atoms with Crippen LogP contribution >= 0.6 is 0 Å². The molecule has 1 N–H and O–H groups in total. The van der Waals surface area contributed by atoms with Crippen molar-refractivity contribution in [1.29, 1.82) is 0 Å². The van der Waals surface area contributed by atoms with Crippen LogP contribution in [0.2, 0.25) is 0 Å². The Bertz CT molecular complexity index is 588. The number of nitrogens with zero attached hydrogens (tertiary/aromatic N) is 1. The van der Waals surface area contributed by atoms with Gasteiger partial charge < -0.3 is 9.84 Å². The Balaban J connectivity index is 1.93. The van der Waals surface area contributed by atoms with Gasteiger partial charge in [0.1, 0.15) is 0 Å². The average molecular weight is 270 g/mol. The topological polar surface area (TPSA) is 38.1 Å². The highest BCUT2D eigenvalue weighted by atomic mass is 16.5. The lowest BCUT2D eigenvalue weighted by Gasteiger charge is -2.27. The van der Waals surface area contributed by atoms with E-state index in [9.17, 15) is 0 Å². The first-order valence-corrected chi connectivity index (χ1v) is 7.55. The summed E-state index contributed by atoms with van der Waals surface area (Å²) in [6.45, 7) is 5.37. The van der Waals surface area contributed by atoms with Crippen LogP contribution in [0.1, 0.15) is 36.5 Å². The molecule has 1 unspecified atom stereocenters. The van der Waals surface area contributed by atoms with Crippen molar-refractivity contribution in [3.63, 3.8) is 0 Å². The van der Waals surface area contributed by atoms with Gasteiger partial charge in [0.25, 0.3) is 0 Å². The predicted molar refractivity (Wildman–Crippen MR) is 80.8 cm³/mol. The van der Waals surface area contributed by atoms with Crippen molar-refractivity contribution in [3.05, 3.63) is 41.1 Å². The molecule has 0 saturated heterocycles. The zero-order chi connectivity index (χ0) is 13.9. The largest absolute Gasteiger partial charge is 0.356 e. The fourth-order valence-corrected chi connectivity index (χ4v) is 3.07. The molecule has 1 aliphatic rings. The number of hydrogen-bond acceptors (Lipinski definition) is 3. The summed E-state index contributed by atoms with van der Waals surface area (Å²) in [5, 5.41) is 7.58. The molecule has 1 aromatic heterocycles. The lowest BCUT2D eigenvalue weighted by atomic mass is 9.84. The third-order valence-electron chi connectivity index (χ3n) is 4.16. The van der Waals surface area contributed by atoms with Gasteiger partial charge in [-0.2, -0.15) is 0 Å². The molecule has 0 bridgehead atoms. The maximum atomic E-state index is 5.46.